The number of anilines is 1. The maximum absolute atomic E-state index is 11.6. The molecule has 3 aromatic rings. The molecule has 0 bridgehead atoms. The van der Waals surface area contributed by atoms with E-state index in [0.717, 1.165) is 22.3 Å². The van der Waals surface area contributed by atoms with Crippen LogP contribution in [-0.2, 0) is 9.53 Å². The number of rotatable bonds is 5. The number of amides is 1. The number of hydrogen-bond acceptors (Lipinski definition) is 3. The molecule has 3 rings (SSSR count). The number of benzene rings is 2. The van der Waals surface area contributed by atoms with Gasteiger partial charge in [-0.3, -0.25) is 4.79 Å². The van der Waals surface area contributed by atoms with Crippen molar-refractivity contribution in [2.45, 2.75) is 6.92 Å². The van der Waals surface area contributed by atoms with Gasteiger partial charge in [0.15, 0.2) is 0 Å². The fraction of sp³-hybridized carbons (Fsp3) is 0.176. The molecule has 0 atom stereocenters. The molecule has 0 aliphatic heterocycles. The molecule has 0 fully saturated rings. The van der Waals surface area contributed by atoms with Gasteiger partial charge in [-0.05, 0) is 37.3 Å². The zero-order chi connectivity index (χ0) is 15.4. The fourth-order valence-corrected chi connectivity index (χ4v) is 2.26. The molecule has 1 N–H and O–H groups in total. The minimum Gasteiger partial charge on any atom is -0.372 e. The van der Waals surface area contributed by atoms with Crippen LogP contribution in [0.1, 0.15) is 6.92 Å². The van der Waals surface area contributed by atoms with Crippen molar-refractivity contribution >= 4 is 22.5 Å². The average molecular weight is 295 g/mol. The summed E-state index contributed by atoms with van der Waals surface area (Å²) in [4.78, 5) is 11.6. The van der Waals surface area contributed by atoms with Gasteiger partial charge in [-0.15, -0.1) is 0 Å². The molecule has 1 aromatic heterocycles. The smallest absolute Gasteiger partial charge is 0.250 e. The van der Waals surface area contributed by atoms with E-state index in [-0.39, 0.29) is 12.5 Å². The topological polar surface area (TPSA) is 56.1 Å². The van der Waals surface area contributed by atoms with E-state index in [9.17, 15) is 4.79 Å². The molecule has 0 saturated carbocycles. The SMILES string of the molecule is CCOCC(=O)Nc1ccc(-n2ncc3ccccc32)cc1. The molecule has 5 heteroatoms. The lowest BCUT2D eigenvalue weighted by molar-refractivity contribution is -0.120. The number of carbonyl (C=O) groups is 1. The standard InChI is InChI=1S/C17H17N3O2/c1-2-22-12-17(21)19-14-7-9-15(10-8-14)20-16-6-4-3-5-13(16)11-18-20/h3-11H,2,12H2,1H3,(H,19,21). The molecule has 0 aliphatic rings. The Bertz CT molecular complexity index is 778. The van der Waals surface area contributed by atoms with Gasteiger partial charge in [0.05, 0.1) is 17.4 Å². The first kappa shape index (κ1) is 14.3. The Kier molecular flexibility index (Phi) is 4.16. The van der Waals surface area contributed by atoms with Crippen LogP contribution in [0.5, 0.6) is 0 Å². The Morgan fingerprint density at radius 3 is 2.73 bits per heavy atom. The van der Waals surface area contributed by atoms with Crippen molar-refractivity contribution < 1.29 is 9.53 Å². The van der Waals surface area contributed by atoms with Crippen molar-refractivity contribution in [3.8, 4) is 5.69 Å². The first-order valence-electron chi connectivity index (χ1n) is 7.18. The number of para-hydroxylation sites is 1. The van der Waals surface area contributed by atoms with Crippen molar-refractivity contribution in [3.05, 3.63) is 54.7 Å². The number of nitrogens with one attached hydrogen (secondary N) is 1. The molecule has 5 nitrogen and oxygen atoms in total. The van der Waals surface area contributed by atoms with E-state index in [1.807, 2.05) is 66.3 Å². The Balaban J connectivity index is 1.78. The van der Waals surface area contributed by atoms with Crippen molar-refractivity contribution in [1.29, 1.82) is 0 Å². The summed E-state index contributed by atoms with van der Waals surface area (Å²) in [7, 11) is 0. The summed E-state index contributed by atoms with van der Waals surface area (Å²) in [5.41, 5.74) is 2.74. The second-order valence-corrected chi connectivity index (χ2v) is 4.85. The quantitative estimate of drug-likeness (QED) is 0.787. The lowest BCUT2D eigenvalue weighted by Gasteiger charge is -2.07. The lowest BCUT2D eigenvalue weighted by Crippen LogP contribution is -2.18. The summed E-state index contributed by atoms with van der Waals surface area (Å²) in [6.45, 7) is 2.46. The first-order chi connectivity index (χ1) is 10.8. The van der Waals surface area contributed by atoms with Crippen molar-refractivity contribution in [2.75, 3.05) is 18.5 Å². The number of ether oxygens (including phenoxy) is 1. The molecule has 0 radical (unpaired) electrons. The summed E-state index contributed by atoms with van der Waals surface area (Å²) >= 11 is 0. The maximum Gasteiger partial charge on any atom is 0.250 e. The number of carbonyl (C=O) groups excluding carboxylic acids is 1. The van der Waals surface area contributed by atoms with E-state index in [0.29, 0.717) is 6.61 Å². The summed E-state index contributed by atoms with van der Waals surface area (Å²) in [6.07, 6.45) is 1.84. The van der Waals surface area contributed by atoms with E-state index in [4.69, 9.17) is 4.74 Å². The van der Waals surface area contributed by atoms with Gasteiger partial charge in [0, 0.05) is 17.7 Å². The second-order valence-electron chi connectivity index (χ2n) is 4.85. The van der Waals surface area contributed by atoms with Gasteiger partial charge < -0.3 is 10.1 Å². The van der Waals surface area contributed by atoms with Crippen LogP contribution in [0.25, 0.3) is 16.6 Å². The maximum atomic E-state index is 11.6. The summed E-state index contributed by atoms with van der Waals surface area (Å²) in [6, 6.07) is 15.6. The molecule has 1 heterocycles. The van der Waals surface area contributed by atoms with Crippen LogP contribution in [-0.4, -0.2) is 28.9 Å². The van der Waals surface area contributed by atoms with Gasteiger partial charge in [0.25, 0.3) is 0 Å². The molecule has 0 saturated heterocycles. The molecule has 2 aromatic carbocycles. The first-order valence-corrected chi connectivity index (χ1v) is 7.18. The van der Waals surface area contributed by atoms with E-state index in [1.165, 1.54) is 0 Å². The monoisotopic (exact) mass is 295 g/mol. The zero-order valence-corrected chi connectivity index (χ0v) is 12.3. The van der Waals surface area contributed by atoms with Crippen molar-refractivity contribution in [1.82, 2.24) is 9.78 Å². The third kappa shape index (κ3) is 2.99. The normalized spacial score (nSPS) is 10.8. The highest BCUT2D eigenvalue weighted by Gasteiger charge is 2.05. The molecular weight excluding hydrogens is 278 g/mol. The van der Waals surface area contributed by atoms with Gasteiger partial charge >= 0.3 is 0 Å². The van der Waals surface area contributed by atoms with Gasteiger partial charge in [0.1, 0.15) is 6.61 Å². The molecule has 112 valence electrons. The highest BCUT2D eigenvalue weighted by Crippen LogP contribution is 2.19. The van der Waals surface area contributed by atoms with Gasteiger partial charge in [0.2, 0.25) is 5.91 Å². The van der Waals surface area contributed by atoms with E-state index in [2.05, 4.69) is 10.4 Å². The van der Waals surface area contributed by atoms with Crippen LogP contribution in [0.3, 0.4) is 0 Å². The highest BCUT2D eigenvalue weighted by atomic mass is 16.5. The van der Waals surface area contributed by atoms with Crippen LogP contribution in [0, 0.1) is 0 Å². The van der Waals surface area contributed by atoms with Gasteiger partial charge in [-0.25, -0.2) is 4.68 Å². The summed E-state index contributed by atoms with van der Waals surface area (Å²) < 4.78 is 6.95. The Morgan fingerprint density at radius 1 is 1.18 bits per heavy atom. The minimum absolute atomic E-state index is 0.0715. The van der Waals surface area contributed by atoms with Crippen LogP contribution in [0.15, 0.2) is 54.7 Å². The van der Waals surface area contributed by atoms with Gasteiger partial charge in [-0.2, -0.15) is 5.10 Å². The molecule has 1 amide bonds. The van der Waals surface area contributed by atoms with Crippen molar-refractivity contribution in [3.63, 3.8) is 0 Å². The Morgan fingerprint density at radius 2 is 1.95 bits per heavy atom. The number of fused-ring (bicyclic) bond motifs is 1. The zero-order valence-electron chi connectivity index (χ0n) is 12.3. The average Bonchev–Trinajstić information content (AvgIpc) is 2.98. The minimum atomic E-state index is -0.154. The second kappa shape index (κ2) is 6.41. The van der Waals surface area contributed by atoms with Crippen molar-refractivity contribution in [2.24, 2.45) is 0 Å². The van der Waals surface area contributed by atoms with E-state index >= 15 is 0 Å². The number of hydrogen-bond donors (Lipinski definition) is 1. The summed E-state index contributed by atoms with van der Waals surface area (Å²) in [5, 5.41) is 8.29. The Labute approximate surface area is 128 Å². The van der Waals surface area contributed by atoms with Crippen LogP contribution in [0.4, 0.5) is 5.69 Å². The fourth-order valence-electron chi connectivity index (χ4n) is 2.26. The predicted octanol–water partition coefficient (Wildman–Crippen LogP) is 3.00. The largest absolute Gasteiger partial charge is 0.372 e. The van der Waals surface area contributed by atoms with Gasteiger partial charge in [-0.1, -0.05) is 18.2 Å². The third-order valence-corrected chi connectivity index (χ3v) is 3.31. The van der Waals surface area contributed by atoms with E-state index in [1.54, 1.807) is 0 Å². The van der Waals surface area contributed by atoms with E-state index < -0.39 is 0 Å². The number of nitrogens with zero attached hydrogens (tertiary/aromatic N) is 2. The van der Waals surface area contributed by atoms with Crippen LogP contribution < -0.4 is 5.32 Å². The molecular formula is C17H17N3O2. The van der Waals surface area contributed by atoms with Crippen LogP contribution >= 0.6 is 0 Å². The molecule has 0 spiro atoms. The molecule has 22 heavy (non-hydrogen) atoms. The number of aromatic nitrogens is 2. The van der Waals surface area contributed by atoms with Crippen LogP contribution in [0.2, 0.25) is 0 Å². The lowest BCUT2D eigenvalue weighted by atomic mass is 10.2. The predicted molar refractivity (Wildman–Crippen MR) is 86.2 cm³/mol. The molecule has 0 aliphatic carbocycles. The molecule has 0 unspecified atom stereocenters. The summed E-state index contributed by atoms with van der Waals surface area (Å²) in [5.74, 6) is -0.154. The third-order valence-electron chi connectivity index (χ3n) is 3.31. The Hall–Kier alpha value is -2.66. The highest BCUT2D eigenvalue weighted by molar-refractivity contribution is 5.91.